The Morgan fingerprint density at radius 2 is 2.13 bits per heavy atom. The number of nitrogens with zero attached hydrogens (tertiary/aromatic N) is 2. The van der Waals surface area contributed by atoms with E-state index in [0.717, 1.165) is 19.0 Å². The summed E-state index contributed by atoms with van der Waals surface area (Å²) in [5, 5.41) is 6.44. The lowest BCUT2D eigenvalue weighted by Crippen LogP contribution is -2.16. The second kappa shape index (κ2) is 4.65. The van der Waals surface area contributed by atoms with Crippen LogP contribution in [-0.4, -0.2) is 16.3 Å². The molecule has 1 aromatic heterocycles. The SMILES string of the molecule is CCCNCc1cc(C(F)(F)F)nn1C. The van der Waals surface area contributed by atoms with Gasteiger partial charge in [0.15, 0.2) is 5.69 Å². The van der Waals surface area contributed by atoms with Gasteiger partial charge in [0.1, 0.15) is 0 Å². The largest absolute Gasteiger partial charge is 0.435 e. The van der Waals surface area contributed by atoms with Crippen molar-refractivity contribution in [2.75, 3.05) is 6.54 Å². The van der Waals surface area contributed by atoms with E-state index in [1.807, 2.05) is 6.92 Å². The molecule has 6 heteroatoms. The fraction of sp³-hybridized carbons (Fsp3) is 0.667. The summed E-state index contributed by atoms with van der Waals surface area (Å²) < 4.78 is 38.1. The minimum Gasteiger partial charge on any atom is -0.311 e. The van der Waals surface area contributed by atoms with Gasteiger partial charge in [-0.25, -0.2) is 0 Å². The van der Waals surface area contributed by atoms with Gasteiger partial charge in [-0.2, -0.15) is 18.3 Å². The molecule has 0 saturated carbocycles. The lowest BCUT2D eigenvalue weighted by Gasteiger charge is -2.02. The van der Waals surface area contributed by atoms with E-state index in [1.54, 1.807) is 0 Å². The third kappa shape index (κ3) is 3.23. The molecule has 1 rings (SSSR count). The predicted molar refractivity (Wildman–Crippen MR) is 50.2 cm³/mol. The molecule has 3 nitrogen and oxygen atoms in total. The van der Waals surface area contributed by atoms with Gasteiger partial charge in [-0.1, -0.05) is 6.92 Å². The number of alkyl halides is 3. The van der Waals surface area contributed by atoms with Gasteiger partial charge in [-0.05, 0) is 19.0 Å². The average molecular weight is 221 g/mol. The molecule has 0 fully saturated rings. The Hall–Kier alpha value is -1.04. The summed E-state index contributed by atoms with van der Waals surface area (Å²) in [6.45, 7) is 3.19. The van der Waals surface area contributed by atoms with Crippen molar-refractivity contribution in [2.45, 2.75) is 26.1 Å². The zero-order valence-electron chi connectivity index (χ0n) is 8.73. The van der Waals surface area contributed by atoms with Crippen LogP contribution in [0, 0.1) is 0 Å². The van der Waals surface area contributed by atoms with Gasteiger partial charge in [-0.3, -0.25) is 4.68 Å². The molecule has 1 N–H and O–H groups in total. The lowest BCUT2D eigenvalue weighted by molar-refractivity contribution is -0.141. The van der Waals surface area contributed by atoms with Gasteiger partial charge in [0.25, 0.3) is 0 Å². The highest BCUT2D eigenvalue weighted by atomic mass is 19.4. The molecule has 0 spiro atoms. The summed E-state index contributed by atoms with van der Waals surface area (Å²) in [6, 6.07) is 1.07. The molecule has 0 bridgehead atoms. The van der Waals surface area contributed by atoms with Crippen LogP contribution in [0.5, 0.6) is 0 Å². The quantitative estimate of drug-likeness (QED) is 0.787. The smallest absolute Gasteiger partial charge is 0.311 e. The van der Waals surface area contributed by atoms with Gasteiger partial charge >= 0.3 is 6.18 Å². The van der Waals surface area contributed by atoms with E-state index in [9.17, 15) is 13.2 Å². The van der Waals surface area contributed by atoms with Crippen molar-refractivity contribution in [3.63, 3.8) is 0 Å². The van der Waals surface area contributed by atoms with Crippen molar-refractivity contribution < 1.29 is 13.2 Å². The second-order valence-electron chi connectivity index (χ2n) is 3.32. The van der Waals surface area contributed by atoms with Crippen LogP contribution in [0.25, 0.3) is 0 Å². The third-order valence-electron chi connectivity index (χ3n) is 2.00. The number of aryl methyl sites for hydroxylation is 1. The van der Waals surface area contributed by atoms with Crippen molar-refractivity contribution in [3.8, 4) is 0 Å². The van der Waals surface area contributed by atoms with Crippen LogP contribution in [0.2, 0.25) is 0 Å². The Labute approximate surface area is 86.3 Å². The molecule has 1 aromatic rings. The zero-order chi connectivity index (χ0) is 11.5. The highest BCUT2D eigenvalue weighted by molar-refractivity contribution is 5.12. The summed E-state index contributed by atoms with van der Waals surface area (Å²) in [4.78, 5) is 0. The molecule has 0 aromatic carbocycles. The van der Waals surface area contributed by atoms with Gasteiger partial charge < -0.3 is 5.32 Å². The number of aromatic nitrogens is 2. The normalized spacial score (nSPS) is 12.1. The summed E-state index contributed by atoms with van der Waals surface area (Å²) in [5.74, 6) is 0. The van der Waals surface area contributed by atoms with Gasteiger partial charge in [0.2, 0.25) is 0 Å². The first-order chi connectivity index (χ1) is 6.95. The van der Waals surface area contributed by atoms with Crippen LogP contribution in [0.1, 0.15) is 24.7 Å². The predicted octanol–water partition coefficient (Wildman–Crippen LogP) is 1.94. The van der Waals surface area contributed by atoms with E-state index in [1.165, 1.54) is 11.7 Å². The summed E-state index contributed by atoms with van der Waals surface area (Å²) in [5.41, 5.74) is -0.297. The maximum absolute atomic E-state index is 12.3. The first-order valence-electron chi connectivity index (χ1n) is 4.76. The lowest BCUT2D eigenvalue weighted by atomic mass is 10.3. The Morgan fingerprint density at radius 3 is 2.60 bits per heavy atom. The fourth-order valence-corrected chi connectivity index (χ4v) is 1.20. The van der Waals surface area contributed by atoms with Gasteiger partial charge in [-0.15, -0.1) is 0 Å². The highest BCUT2D eigenvalue weighted by Gasteiger charge is 2.34. The molecule has 0 unspecified atom stereocenters. The van der Waals surface area contributed by atoms with E-state index >= 15 is 0 Å². The Bertz CT molecular complexity index is 317. The Morgan fingerprint density at radius 1 is 1.47 bits per heavy atom. The second-order valence-corrected chi connectivity index (χ2v) is 3.32. The molecule has 0 saturated heterocycles. The summed E-state index contributed by atoms with van der Waals surface area (Å²) in [7, 11) is 1.51. The molecule has 0 aliphatic carbocycles. The number of rotatable bonds is 4. The molecule has 0 amide bonds. The topological polar surface area (TPSA) is 29.9 Å². The van der Waals surface area contributed by atoms with E-state index in [0.29, 0.717) is 12.2 Å². The van der Waals surface area contributed by atoms with Crippen LogP contribution < -0.4 is 5.32 Å². The van der Waals surface area contributed by atoms with E-state index in [4.69, 9.17) is 0 Å². The first kappa shape index (κ1) is 12.0. The van der Waals surface area contributed by atoms with Gasteiger partial charge in [0.05, 0.1) is 5.69 Å². The molecule has 86 valence electrons. The number of hydrogen-bond acceptors (Lipinski definition) is 2. The molecule has 0 aliphatic heterocycles. The van der Waals surface area contributed by atoms with Crippen molar-refractivity contribution in [1.29, 1.82) is 0 Å². The third-order valence-corrected chi connectivity index (χ3v) is 2.00. The zero-order valence-corrected chi connectivity index (χ0v) is 8.73. The average Bonchev–Trinajstić information content (AvgIpc) is 2.48. The molecular formula is C9H14F3N3. The molecule has 0 atom stereocenters. The molecule has 15 heavy (non-hydrogen) atoms. The maximum atomic E-state index is 12.3. The van der Waals surface area contributed by atoms with Crippen molar-refractivity contribution in [2.24, 2.45) is 7.05 Å². The number of halogens is 3. The van der Waals surface area contributed by atoms with Crippen molar-refractivity contribution in [1.82, 2.24) is 15.1 Å². The summed E-state index contributed by atoms with van der Waals surface area (Å²) in [6.07, 6.45) is -3.41. The van der Waals surface area contributed by atoms with Crippen molar-refractivity contribution >= 4 is 0 Å². The number of nitrogens with one attached hydrogen (secondary N) is 1. The Kier molecular flexibility index (Phi) is 3.73. The monoisotopic (exact) mass is 221 g/mol. The Balaban J connectivity index is 2.69. The fourth-order valence-electron chi connectivity index (χ4n) is 1.20. The molecular weight excluding hydrogens is 207 g/mol. The summed E-state index contributed by atoms with van der Waals surface area (Å²) >= 11 is 0. The maximum Gasteiger partial charge on any atom is 0.435 e. The molecule has 1 heterocycles. The van der Waals surface area contributed by atoms with E-state index in [2.05, 4.69) is 10.4 Å². The minimum atomic E-state index is -4.36. The van der Waals surface area contributed by atoms with E-state index in [-0.39, 0.29) is 0 Å². The standard InChI is InChI=1S/C9H14F3N3/c1-3-4-13-6-7-5-8(9(10,11)12)14-15(7)2/h5,13H,3-4,6H2,1-2H3. The minimum absolute atomic E-state index is 0.410. The first-order valence-corrected chi connectivity index (χ1v) is 4.76. The van der Waals surface area contributed by atoms with Crippen LogP contribution >= 0.6 is 0 Å². The molecule has 0 radical (unpaired) electrons. The number of hydrogen-bond donors (Lipinski definition) is 1. The highest BCUT2D eigenvalue weighted by Crippen LogP contribution is 2.28. The van der Waals surface area contributed by atoms with Crippen LogP contribution in [0.3, 0.4) is 0 Å². The molecule has 0 aliphatic rings. The van der Waals surface area contributed by atoms with Crippen LogP contribution in [0.4, 0.5) is 13.2 Å². The van der Waals surface area contributed by atoms with Gasteiger partial charge in [0, 0.05) is 13.6 Å². The van der Waals surface area contributed by atoms with E-state index < -0.39 is 11.9 Å². The van der Waals surface area contributed by atoms with Crippen molar-refractivity contribution in [3.05, 3.63) is 17.5 Å². The van der Waals surface area contributed by atoms with Crippen LogP contribution in [0.15, 0.2) is 6.07 Å². The van der Waals surface area contributed by atoms with Crippen LogP contribution in [-0.2, 0) is 19.8 Å².